The average molecular weight is 825 g/mol. The Morgan fingerprint density at radius 3 is 1.05 bits per heavy atom. The summed E-state index contributed by atoms with van der Waals surface area (Å²) < 4.78 is 16.7. The van der Waals surface area contributed by atoms with E-state index in [1.54, 1.807) is 0 Å². The fourth-order valence-electron chi connectivity index (χ4n) is 6.66. The molecule has 59 heavy (non-hydrogen) atoms. The fraction of sp³-hybridized carbons (Fsp3) is 0.755. The molecule has 0 radical (unpaired) electrons. The van der Waals surface area contributed by atoms with E-state index >= 15 is 0 Å². The van der Waals surface area contributed by atoms with Crippen LogP contribution in [0.25, 0.3) is 0 Å². The monoisotopic (exact) mass is 825 g/mol. The van der Waals surface area contributed by atoms with Crippen molar-refractivity contribution in [2.75, 3.05) is 13.2 Å². The molecule has 340 valence electrons. The summed E-state index contributed by atoms with van der Waals surface area (Å²) in [6, 6.07) is 0. The average Bonchev–Trinajstić information content (AvgIpc) is 3.23. The summed E-state index contributed by atoms with van der Waals surface area (Å²) in [6.45, 7) is 6.52. The van der Waals surface area contributed by atoms with E-state index in [1.165, 1.54) is 96.3 Å². The highest BCUT2D eigenvalue weighted by Crippen LogP contribution is 2.13. The van der Waals surface area contributed by atoms with Crippen molar-refractivity contribution in [3.63, 3.8) is 0 Å². The molecule has 0 amide bonds. The predicted molar refractivity (Wildman–Crippen MR) is 251 cm³/mol. The summed E-state index contributed by atoms with van der Waals surface area (Å²) in [5.74, 6) is -0.929. The molecule has 0 rings (SSSR count). The quantitative estimate of drug-likeness (QED) is 0.0263. The molecule has 0 aromatic heterocycles. The topological polar surface area (TPSA) is 78.9 Å². The Hall–Kier alpha value is -2.89. The molecule has 0 aromatic carbocycles. The molecule has 0 aromatic rings. The third-order valence-electron chi connectivity index (χ3n) is 10.5. The zero-order chi connectivity index (χ0) is 43.0. The maximum absolute atomic E-state index is 12.7. The van der Waals surface area contributed by atoms with Crippen LogP contribution in [0.2, 0.25) is 0 Å². The minimum atomic E-state index is -0.789. The zero-order valence-electron chi connectivity index (χ0n) is 38.8. The molecule has 0 N–H and O–H groups in total. The van der Waals surface area contributed by atoms with Gasteiger partial charge in [-0.05, 0) is 103 Å². The lowest BCUT2D eigenvalue weighted by atomic mass is 10.1. The Balaban J connectivity index is 4.42. The maximum Gasteiger partial charge on any atom is 0.306 e. The van der Waals surface area contributed by atoms with E-state index in [9.17, 15) is 14.4 Å². The van der Waals surface area contributed by atoms with E-state index in [0.717, 1.165) is 103 Å². The number of allylic oxidation sites excluding steroid dienone is 10. The van der Waals surface area contributed by atoms with Crippen LogP contribution in [-0.2, 0) is 28.6 Å². The first-order valence-electron chi connectivity index (χ1n) is 24.8. The van der Waals surface area contributed by atoms with Gasteiger partial charge in [0.25, 0.3) is 0 Å². The lowest BCUT2D eigenvalue weighted by Crippen LogP contribution is -2.30. The molecular formula is C53H92O6. The van der Waals surface area contributed by atoms with Gasteiger partial charge in [0.2, 0.25) is 0 Å². The fourth-order valence-corrected chi connectivity index (χ4v) is 6.66. The second-order valence-corrected chi connectivity index (χ2v) is 16.4. The van der Waals surface area contributed by atoms with E-state index in [2.05, 4.69) is 81.5 Å². The molecule has 0 aliphatic heterocycles. The van der Waals surface area contributed by atoms with Crippen molar-refractivity contribution in [1.82, 2.24) is 0 Å². The summed E-state index contributed by atoms with van der Waals surface area (Å²) in [5.41, 5.74) is 0. The van der Waals surface area contributed by atoms with E-state index in [0.29, 0.717) is 19.3 Å². The van der Waals surface area contributed by atoms with Crippen molar-refractivity contribution in [3.05, 3.63) is 60.8 Å². The van der Waals surface area contributed by atoms with Crippen LogP contribution in [-0.4, -0.2) is 37.2 Å². The smallest absolute Gasteiger partial charge is 0.306 e. The van der Waals surface area contributed by atoms with Crippen LogP contribution in [0.15, 0.2) is 60.8 Å². The molecule has 0 spiro atoms. The molecule has 0 fully saturated rings. The van der Waals surface area contributed by atoms with Gasteiger partial charge in [-0.25, -0.2) is 0 Å². The number of hydrogen-bond acceptors (Lipinski definition) is 6. The molecule has 0 saturated heterocycles. The highest BCUT2D eigenvalue weighted by Gasteiger charge is 2.19. The van der Waals surface area contributed by atoms with Gasteiger partial charge in [-0.15, -0.1) is 0 Å². The Kier molecular flexibility index (Phi) is 45.4. The third kappa shape index (κ3) is 46.0. The molecule has 6 nitrogen and oxygen atoms in total. The van der Waals surface area contributed by atoms with Crippen LogP contribution in [0.5, 0.6) is 0 Å². The molecule has 0 unspecified atom stereocenters. The first-order valence-corrected chi connectivity index (χ1v) is 24.8. The number of carbonyl (C=O) groups is 3. The standard InChI is InChI=1S/C53H92O6/c1-4-7-10-13-16-19-22-24-25-26-27-29-31-34-37-40-43-46-52(55)58-49-50(48-57-51(54)45-42-39-36-33-30-21-18-15-12-9-6-3)59-53(56)47-44-41-38-35-32-28-23-20-17-14-11-8-5-2/h15-16,18-20,23-25,27,29,50H,4-14,17,21-22,26,28,30-49H2,1-3H3/b18-15-,19-16-,23-20-,25-24-,29-27-/t50-/m1/s1. The SMILES string of the molecule is CCCC/C=C\CCCCCCCC(=O)OC[C@H](COC(=O)CCCCCC/C=C\C/C=C\C/C=C\CCCCC)OC(=O)CCCCCCC/C=C\CCCCCC. The number of rotatable bonds is 44. The van der Waals surface area contributed by atoms with E-state index in [4.69, 9.17) is 14.2 Å². The Bertz CT molecular complexity index is 1090. The van der Waals surface area contributed by atoms with Crippen LogP contribution in [0.3, 0.4) is 0 Å². The van der Waals surface area contributed by atoms with Gasteiger partial charge in [0.1, 0.15) is 13.2 Å². The van der Waals surface area contributed by atoms with Gasteiger partial charge in [-0.2, -0.15) is 0 Å². The summed E-state index contributed by atoms with van der Waals surface area (Å²) in [6.07, 6.45) is 57.7. The van der Waals surface area contributed by atoms with Crippen molar-refractivity contribution in [3.8, 4) is 0 Å². The van der Waals surface area contributed by atoms with Gasteiger partial charge in [0.05, 0.1) is 0 Å². The van der Waals surface area contributed by atoms with Crippen molar-refractivity contribution in [2.45, 2.75) is 245 Å². The molecule has 0 heterocycles. The largest absolute Gasteiger partial charge is 0.462 e. The van der Waals surface area contributed by atoms with Crippen molar-refractivity contribution in [1.29, 1.82) is 0 Å². The lowest BCUT2D eigenvalue weighted by Gasteiger charge is -2.18. The van der Waals surface area contributed by atoms with Gasteiger partial charge in [-0.1, -0.05) is 178 Å². The van der Waals surface area contributed by atoms with Crippen LogP contribution in [0, 0.1) is 0 Å². The van der Waals surface area contributed by atoms with Crippen molar-refractivity contribution in [2.24, 2.45) is 0 Å². The predicted octanol–water partition coefficient (Wildman–Crippen LogP) is 16.1. The van der Waals surface area contributed by atoms with Gasteiger partial charge in [-0.3, -0.25) is 14.4 Å². The summed E-state index contributed by atoms with van der Waals surface area (Å²) in [7, 11) is 0. The molecule has 0 aliphatic carbocycles. The van der Waals surface area contributed by atoms with Gasteiger partial charge < -0.3 is 14.2 Å². The number of esters is 3. The number of hydrogen-bond donors (Lipinski definition) is 0. The first-order chi connectivity index (χ1) is 29.0. The van der Waals surface area contributed by atoms with Gasteiger partial charge in [0.15, 0.2) is 6.10 Å². The van der Waals surface area contributed by atoms with E-state index in [-0.39, 0.29) is 31.1 Å². The summed E-state index contributed by atoms with van der Waals surface area (Å²) >= 11 is 0. The van der Waals surface area contributed by atoms with E-state index in [1.807, 2.05) is 0 Å². The minimum absolute atomic E-state index is 0.0895. The minimum Gasteiger partial charge on any atom is -0.462 e. The van der Waals surface area contributed by atoms with E-state index < -0.39 is 6.10 Å². The summed E-state index contributed by atoms with van der Waals surface area (Å²) in [4.78, 5) is 37.8. The maximum atomic E-state index is 12.7. The zero-order valence-corrected chi connectivity index (χ0v) is 38.8. The first kappa shape index (κ1) is 56.1. The Morgan fingerprint density at radius 1 is 0.339 bits per heavy atom. The molecule has 0 bridgehead atoms. The molecule has 6 heteroatoms. The second-order valence-electron chi connectivity index (χ2n) is 16.4. The van der Waals surface area contributed by atoms with Crippen molar-refractivity contribution < 1.29 is 28.6 Å². The molecule has 0 aliphatic rings. The number of unbranched alkanes of at least 4 members (excludes halogenated alkanes) is 23. The molecule has 0 saturated carbocycles. The molecule has 1 atom stereocenters. The van der Waals surface area contributed by atoms with Crippen LogP contribution >= 0.6 is 0 Å². The second kappa shape index (κ2) is 47.8. The van der Waals surface area contributed by atoms with Crippen LogP contribution in [0.4, 0.5) is 0 Å². The highest BCUT2D eigenvalue weighted by molar-refractivity contribution is 5.71. The Labute approximate surface area is 364 Å². The number of carbonyl (C=O) groups excluding carboxylic acids is 3. The number of ether oxygens (including phenoxy) is 3. The third-order valence-corrected chi connectivity index (χ3v) is 10.5. The summed E-state index contributed by atoms with van der Waals surface area (Å²) in [5, 5.41) is 0. The van der Waals surface area contributed by atoms with Crippen LogP contribution < -0.4 is 0 Å². The Morgan fingerprint density at radius 2 is 0.627 bits per heavy atom. The van der Waals surface area contributed by atoms with Gasteiger partial charge >= 0.3 is 17.9 Å². The molecular weight excluding hydrogens is 733 g/mol. The van der Waals surface area contributed by atoms with Gasteiger partial charge in [0, 0.05) is 19.3 Å². The van der Waals surface area contributed by atoms with Crippen molar-refractivity contribution >= 4 is 17.9 Å². The highest BCUT2D eigenvalue weighted by atomic mass is 16.6. The lowest BCUT2D eigenvalue weighted by molar-refractivity contribution is -0.167. The van der Waals surface area contributed by atoms with Crippen LogP contribution in [0.1, 0.15) is 239 Å². The normalized spacial score (nSPS) is 12.5.